The van der Waals surface area contributed by atoms with Crippen LogP contribution in [-0.4, -0.2) is 53.2 Å². The van der Waals surface area contributed by atoms with Gasteiger partial charge in [-0.3, -0.25) is 0 Å². The minimum absolute atomic E-state index is 0.0913. The number of aliphatic hydroxyl groups excluding tert-OH is 2. The molecule has 0 saturated carbocycles. The lowest BCUT2D eigenvalue weighted by atomic mass is 9.81. The van der Waals surface area contributed by atoms with Gasteiger partial charge in [0.25, 0.3) is 0 Å². The Morgan fingerprint density at radius 1 is 1.47 bits per heavy atom. The van der Waals surface area contributed by atoms with E-state index in [0.717, 1.165) is 0 Å². The number of rotatable bonds is 4. The zero-order valence-corrected chi connectivity index (χ0v) is 11.5. The number of nitrogens with one attached hydrogen (secondary N) is 1. The molecule has 110 valence electrons. The molecule has 0 aromatic rings. The summed E-state index contributed by atoms with van der Waals surface area (Å²) in [7, 11) is 0. The highest BCUT2D eigenvalue weighted by molar-refractivity contribution is 5.76. The van der Waals surface area contributed by atoms with Crippen molar-refractivity contribution >= 4 is 12.1 Å². The first-order valence-corrected chi connectivity index (χ1v) is 6.18. The normalized spacial score (nSPS) is 26.3. The molecule has 4 atom stereocenters. The van der Waals surface area contributed by atoms with Crippen molar-refractivity contribution in [2.75, 3.05) is 6.61 Å². The third-order valence-corrected chi connectivity index (χ3v) is 2.97. The van der Waals surface area contributed by atoms with Crippen LogP contribution < -0.4 is 5.32 Å². The molecule has 0 spiro atoms. The number of ether oxygens (including phenoxy) is 2. The lowest BCUT2D eigenvalue weighted by Gasteiger charge is -2.32. The number of hydrogen-bond acceptors (Lipinski definition) is 6. The highest BCUT2D eigenvalue weighted by Gasteiger charge is 2.48. The van der Waals surface area contributed by atoms with Gasteiger partial charge in [-0.2, -0.15) is 0 Å². The maximum Gasteiger partial charge on any atom is 0.407 e. The van der Waals surface area contributed by atoms with Crippen molar-refractivity contribution in [1.29, 1.82) is 0 Å². The van der Waals surface area contributed by atoms with E-state index in [1.807, 2.05) is 20.8 Å². The third kappa shape index (κ3) is 3.57. The number of aliphatic hydroxyl groups is 2. The molecule has 1 saturated heterocycles. The predicted molar refractivity (Wildman–Crippen MR) is 65.3 cm³/mol. The minimum Gasteiger partial charge on any atom is -0.464 e. The number of esters is 1. The van der Waals surface area contributed by atoms with E-state index >= 15 is 0 Å². The molecule has 0 unspecified atom stereocenters. The maximum atomic E-state index is 11.4. The molecule has 0 bridgehead atoms. The molecule has 0 aromatic carbocycles. The van der Waals surface area contributed by atoms with Crippen LogP contribution in [0, 0.1) is 5.41 Å². The average Bonchev–Trinajstić information content (AvgIpc) is 2.69. The molecule has 1 fully saturated rings. The van der Waals surface area contributed by atoms with E-state index in [1.54, 1.807) is 6.92 Å². The van der Waals surface area contributed by atoms with Crippen molar-refractivity contribution in [3.63, 3.8) is 0 Å². The monoisotopic (exact) mass is 275 g/mol. The smallest absolute Gasteiger partial charge is 0.407 e. The third-order valence-electron chi connectivity index (χ3n) is 2.97. The molecular weight excluding hydrogens is 254 g/mol. The van der Waals surface area contributed by atoms with E-state index in [0.29, 0.717) is 0 Å². The number of carbonyl (C=O) groups excluding carboxylic acids is 2. The van der Waals surface area contributed by atoms with Crippen molar-refractivity contribution < 1.29 is 29.3 Å². The number of cyclic esters (lactones) is 1. The Kier molecular flexibility index (Phi) is 4.75. The summed E-state index contributed by atoms with van der Waals surface area (Å²) in [5.41, 5.74) is -0.397. The van der Waals surface area contributed by atoms with Crippen LogP contribution in [0.1, 0.15) is 27.7 Å². The largest absolute Gasteiger partial charge is 0.464 e. The molecule has 1 amide bonds. The summed E-state index contributed by atoms with van der Waals surface area (Å²) in [6, 6.07) is -0.515. The van der Waals surface area contributed by atoms with E-state index in [9.17, 15) is 19.8 Å². The van der Waals surface area contributed by atoms with Crippen LogP contribution in [-0.2, 0) is 14.3 Å². The Labute approximate surface area is 111 Å². The molecule has 7 heteroatoms. The quantitative estimate of drug-likeness (QED) is 0.613. The molecule has 1 aliphatic rings. The van der Waals surface area contributed by atoms with Crippen LogP contribution in [0.5, 0.6) is 0 Å². The Hall–Kier alpha value is -1.34. The Bertz CT molecular complexity index is 351. The van der Waals surface area contributed by atoms with Crippen molar-refractivity contribution in [2.24, 2.45) is 5.41 Å². The van der Waals surface area contributed by atoms with Gasteiger partial charge < -0.3 is 25.0 Å². The SMILES string of the molecule is CCOC(=O)[C@H](O)[C@@H](O)[C@H]1OC(=O)N[C@@H]1C(C)(C)C. The van der Waals surface area contributed by atoms with E-state index in [1.165, 1.54) is 0 Å². The summed E-state index contributed by atoms with van der Waals surface area (Å²) in [6.07, 6.45) is -4.98. The van der Waals surface area contributed by atoms with Gasteiger partial charge in [0.15, 0.2) is 12.2 Å². The number of amides is 1. The minimum atomic E-state index is -1.75. The van der Waals surface area contributed by atoms with Crippen molar-refractivity contribution in [3.8, 4) is 0 Å². The van der Waals surface area contributed by atoms with Gasteiger partial charge in [-0.1, -0.05) is 20.8 Å². The van der Waals surface area contributed by atoms with Crippen LogP contribution in [0.25, 0.3) is 0 Å². The summed E-state index contributed by atoms with van der Waals surface area (Å²) in [6.45, 7) is 7.23. The Morgan fingerprint density at radius 2 is 2.05 bits per heavy atom. The molecule has 0 aliphatic carbocycles. The van der Waals surface area contributed by atoms with Crippen molar-refractivity contribution in [3.05, 3.63) is 0 Å². The first-order valence-electron chi connectivity index (χ1n) is 6.18. The maximum absolute atomic E-state index is 11.4. The molecule has 1 heterocycles. The van der Waals surface area contributed by atoms with Gasteiger partial charge in [0, 0.05) is 0 Å². The fourth-order valence-corrected chi connectivity index (χ4v) is 1.96. The number of alkyl carbamates (subject to hydrolysis) is 1. The molecule has 0 radical (unpaired) electrons. The molecule has 19 heavy (non-hydrogen) atoms. The summed E-state index contributed by atoms with van der Waals surface area (Å²) in [5, 5.41) is 22.3. The second-order valence-electron chi connectivity index (χ2n) is 5.55. The summed E-state index contributed by atoms with van der Waals surface area (Å²) >= 11 is 0. The first-order chi connectivity index (χ1) is 8.68. The number of hydrogen-bond donors (Lipinski definition) is 3. The van der Waals surface area contributed by atoms with Gasteiger partial charge in [0.2, 0.25) is 0 Å². The predicted octanol–water partition coefficient (Wildman–Crippen LogP) is -0.206. The van der Waals surface area contributed by atoms with Crippen molar-refractivity contribution in [1.82, 2.24) is 5.32 Å². The van der Waals surface area contributed by atoms with Crippen molar-refractivity contribution in [2.45, 2.75) is 52.0 Å². The Balaban J connectivity index is 2.82. The summed E-state index contributed by atoms with van der Waals surface area (Å²) in [4.78, 5) is 22.7. The van der Waals surface area contributed by atoms with Gasteiger partial charge >= 0.3 is 12.1 Å². The standard InChI is InChI=1S/C12H21NO6/c1-5-18-10(16)7(15)6(14)8-9(12(2,3)4)13-11(17)19-8/h6-9,14-15H,5H2,1-4H3,(H,13,17)/t6-,7-,8-,9+/m1/s1. The molecule has 1 rings (SSSR count). The molecule has 1 aliphatic heterocycles. The van der Waals surface area contributed by atoms with E-state index < -0.39 is 41.8 Å². The highest BCUT2D eigenvalue weighted by Crippen LogP contribution is 2.29. The fourth-order valence-electron chi connectivity index (χ4n) is 1.96. The molecule has 0 aromatic heterocycles. The van der Waals surface area contributed by atoms with Gasteiger partial charge in [-0.05, 0) is 12.3 Å². The lowest BCUT2D eigenvalue weighted by molar-refractivity contribution is -0.164. The van der Waals surface area contributed by atoms with Gasteiger partial charge in [-0.15, -0.1) is 0 Å². The summed E-state index contributed by atoms with van der Waals surface area (Å²) < 4.78 is 9.57. The highest BCUT2D eigenvalue weighted by atomic mass is 16.6. The van der Waals surface area contributed by atoms with E-state index in [-0.39, 0.29) is 6.61 Å². The van der Waals surface area contributed by atoms with Crippen LogP contribution in [0.15, 0.2) is 0 Å². The second-order valence-corrected chi connectivity index (χ2v) is 5.55. The van der Waals surface area contributed by atoms with E-state index in [4.69, 9.17) is 4.74 Å². The van der Waals surface area contributed by atoms with Gasteiger partial charge in [-0.25, -0.2) is 9.59 Å². The van der Waals surface area contributed by atoms with Crippen LogP contribution in [0.3, 0.4) is 0 Å². The second kappa shape index (κ2) is 5.75. The van der Waals surface area contributed by atoms with Gasteiger partial charge in [0.1, 0.15) is 6.10 Å². The van der Waals surface area contributed by atoms with E-state index in [2.05, 4.69) is 10.1 Å². The first kappa shape index (κ1) is 15.7. The zero-order valence-electron chi connectivity index (χ0n) is 11.5. The topological polar surface area (TPSA) is 105 Å². The average molecular weight is 275 g/mol. The van der Waals surface area contributed by atoms with Gasteiger partial charge in [0.05, 0.1) is 12.6 Å². The number of carbonyl (C=O) groups is 2. The molecular formula is C12H21NO6. The van der Waals surface area contributed by atoms with Crippen LogP contribution in [0.4, 0.5) is 4.79 Å². The zero-order chi connectivity index (χ0) is 14.8. The Morgan fingerprint density at radius 3 is 2.53 bits per heavy atom. The van der Waals surface area contributed by atoms with Crippen LogP contribution >= 0.6 is 0 Å². The molecule has 3 N–H and O–H groups in total. The summed E-state index contributed by atoms with van der Waals surface area (Å²) in [5.74, 6) is -0.939. The van der Waals surface area contributed by atoms with Crippen LogP contribution in [0.2, 0.25) is 0 Å². The molecule has 7 nitrogen and oxygen atoms in total. The fraction of sp³-hybridized carbons (Fsp3) is 0.833. The lowest BCUT2D eigenvalue weighted by Crippen LogP contribution is -2.52.